The summed E-state index contributed by atoms with van der Waals surface area (Å²) in [6.45, 7) is 5.87. The summed E-state index contributed by atoms with van der Waals surface area (Å²) < 4.78 is 28.1. The lowest BCUT2D eigenvalue weighted by atomic mass is 10.1. The predicted octanol–water partition coefficient (Wildman–Crippen LogP) is 5.16. The van der Waals surface area contributed by atoms with Gasteiger partial charge in [0, 0.05) is 18.2 Å². The first-order valence-corrected chi connectivity index (χ1v) is 11.3. The van der Waals surface area contributed by atoms with E-state index in [1.54, 1.807) is 47.4 Å². The number of halogens is 2. The molecule has 2 aromatic carbocycles. The molecule has 0 saturated carbocycles. The van der Waals surface area contributed by atoms with E-state index in [9.17, 15) is 13.2 Å². The van der Waals surface area contributed by atoms with Gasteiger partial charge in [-0.2, -0.15) is 8.42 Å². The highest BCUT2D eigenvalue weighted by Crippen LogP contribution is 2.25. The van der Waals surface area contributed by atoms with Crippen molar-refractivity contribution in [1.82, 2.24) is 4.90 Å². The van der Waals surface area contributed by atoms with Crippen LogP contribution in [0.25, 0.3) is 0 Å². The molecule has 2 rings (SSSR count). The molecule has 0 aliphatic rings. The number of amides is 1. The lowest BCUT2D eigenvalue weighted by molar-refractivity contribution is 0.0671. The zero-order valence-electron chi connectivity index (χ0n) is 16.0. The summed E-state index contributed by atoms with van der Waals surface area (Å²) in [7, 11) is -3.57. The summed E-state index contributed by atoms with van der Waals surface area (Å²) in [5, 5.41) is 0.723. The van der Waals surface area contributed by atoms with Crippen molar-refractivity contribution in [2.45, 2.75) is 39.8 Å². The maximum absolute atomic E-state index is 13.0. The fraction of sp³-hybridized carbons (Fsp3) is 0.350. The molecule has 0 aromatic heterocycles. The minimum absolute atomic E-state index is 0.00153. The predicted molar refractivity (Wildman–Crippen MR) is 113 cm³/mol. The molecule has 0 aliphatic carbocycles. The molecule has 1 amide bonds. The van der Waals surface area contributed by atoms with Crippen molar-refractivity contribution in [3.63, 3.8) is 0 Å². The summed E-state index contributed by atoms with van der Waals surface area (Å²) in [5.41, 5.74) is 1.32. The Labute approximate surface area is 176 Å². The third-order valence-corrected chi connectivity index (χ3v) is 6.30. The molecule has 0 heterocycles. The molecule has 1 atom stereocenters. The summed E-state index contributed by atoms with van der Waals surface area (Å²) in [5.74, 6) is -0.00683. The highest BCUT2D eigenvalue weighted by atomic mass is 35.5. The smallest absolute Gasteiger partial charge is 0.308 e. The SMILES string of the molecule is CCC(C)N(Cc1ccc(OS(=O)(=O)CC)cc1)C(=O)c1ccc(Cl)c(Cl)c1. The normalized spacial score (nSPS) is 12.5. The number of carbonyl (C=O) groups excluding carboxylic acids is 1. The van der Waals surface area contributed by atoms with Crippen molar-refractivity contribution in [3.05, 3.63) is 63.6 Å². The Kier molecular flexibility index (Phi) is 7.75. The lowest BCUT2D eigenvalue weighted by Crippen LogP contribution is -2.37. The van der Waals surface area contributed by atoms with Crippen LogP contribution in [0.5, 0.6) is 5.75 Å². The van der Waals surface area contributed by atoms with Gasteiger partial charge in [0.25, 0.3) is 5.91 Å². The van der Waals surface area contributed by atoms with Crippen molar-refractivity contribution in [1.29, 1.82) is 0 Å². The molecule has 1 unspecified atom stereocenters. The largest absolute Gasteiger partial charge is 0.382 e. The Balaban J connectivity index is 2.22. The standard InChI is InChI=1S/C20H23Cl2NO4S/c1-4-14(3)23(20(24)16-8-11-18(21)19(22)12-16)13-15-6-9-17(10-7-15)27-28(25,26)5-2/h6-12,14H,4-5,13H2,1-3H3. The molecule has 0 saturated heterocycles. The Bertz CT molecular complexity index is 930. The van der Waals surface area contributed by atoms with Crippen LogP contribution < -0.4 is 4.18 Å². The van der Waals surface area contributed by atoms with E-state index in [1.165, 1.54) is 6.92 Å². The van der Waals surface area contributed by atoms with Gasteiger partial charge in [-0.3, -0.25) is 4.79 Å². The second-order valence-corrected chi connectivity index (χ2v) is 9.07. The molecule has 0 bridgehead atoms. The zero-order valence-corrected chi connectivity index (χ0v) is 18.3. The zero-order chi connectivity index (χ0) is 20.9. The van der Waals surface area contributed by atoms with E-state index in [2.05, 4.69) is 0 Å². The van der Waals surface area contributed by atoms with Crippen molar-refractivity contribution >= 4 is 39.2 Å². The van der Waals surface area contributed by atoms with E-state index in [0.717, 1.165) is 12.0 Å². The van der Waals surface area contributed by atoms with Gasteiger partial charge < -0.3 is 9.08 Å². The van der Waals surface area contributed by atoms with E-state index in [1.807, 2.05) is 13.8 Å². The number of nitrogens with zero attached hydrogens (tertiary/aromatic N) is 1. The van der Waals surface area contributed by atoms with Gasteiger partial charge in [-0.15, -0.1) is 0 Å². The molecule has 28 heavy (non-hydrogen) atoms. The van der Waals surface area contributed by atoms with Crippen molar-refractivity contribution < 1.29 is 17.4 Å². The van der Waals surface area contributed by atoms with E-state index in [0.29, 0.717) is 22.2 Å². The van der Waals surface area contributed by atoms with E-state index in [4.69, 9.17) is 27.4 Å². The average Bonchev–Trinajstić information content (AvgIpc) is 2.68. The first kappa shape index (κ1) is 22.5. The molecule has 0 fully saturated rings. The van der Waals surface area contributed by atoms with Crippen LogP contribution in [-0.4, -0.2) is 31.0 Å². The van der Waals surface area contributed by atoms with Crippen molar-refractivity contribution in [2.75, 3.05) is 5.75 Å². The molecule has 0 radical (unpaired) electrons. The van der Waals surface area contributed by atoms with Gasteiger partial charge in [0.05, 0.1) is 15.8 Å². The van der Waals surface area contributed by atoms with E-state index < -0.39 is 10.1 Å². The molecule has 0 N–H and O–H groups in total. The number of rotatable bonds is 8. The topological polar surface area (TPSA) is 63.7 Å². The van der Waals surface area contributed by atoms with Gasteiger partial charge in [0.1, 0.15) is 5.75 Å². The first-order chi connectivity index (χ1) is 13.2. The number of hydrogen-bond donors (Lipinski definition) is 0. The second kappa shape index (κ2) is 9.63. The van der Waals surface area contributed by atoms with Crippen LogP contribution in [0.3, 0.4) is 0 Å². The Hall–Kier alpha value is -1.76. The van der Waals surface area contributed by atoms with Gasteiger partial charge in [-0.05, 0) is 56.2 Å². The van der Waals surface area contributed by atoms with E-state index >= 15 is 0 Å². The lowest BCUT2D eigenvalue weighted by Gasteiger charge is -2.29. The summed E-state index contributed by atoms with van der Waals surface area (Å²) >= 11 is 12.0. The van der Waals surface area contributed by atoms with Crippen LogP contribution in [0.1, 0.15) is 43.1 Å². The Morgan fingerprint density at radius 2 is 1.71 bits per heavy atom. The fourth-order valence-electron chi connectivity index (χ4n) is 2.50. The minimum Gasteiger partial charge on any atom is -0.382 e. The highest BCUT2D eigenvalue weighted by molar-refractivity contribution is 7.87. The van der Waals surface area contributed by atoms with Crippen molar-refractivity contribution in [3.8, 4) is 5.75 Å². The van der Waals surface area contributed by atoms with Crippen LogP contribution >= 0.6 is 23.2 Å². The Morgan fingerprint density at radius 1 is 1.07 bits per heavy atom. The summed E-state index contributed by atoms with van der Waals surface area (Å²) in [6.07, 6.45) is 0.781. The maximum atomic E-state index is 13.0. The van der Waals surface area contributed by atoms with Gasteiger partial charge >= 0.3 is 10.1 Å². The quantitative estimate of drug-likeness (QED) is 0.528. The highest BCUT2D eigenvalue weighted by Gasteiger charge is 2.21. The van der Waals surface area contributed by atoms with Crippen LogP contribution in [0.15, 0.2) is 42.5 Å². The van der Waals surface area contributed by atoms with Crippen LogP contribution in [0.4, 0.5) is 0 Å². The summed E-state index contributed by atoms with van der Waals surface area (Å²) in [4.78, 5) is 14.8. The number of hydrogen-bond acceptors (Lipinski definition) is 4. The Morgan fingerprint density at radius 3 is 2.25 bits per heavy atom. The fourth-order valence-corrected chi connectivity index (χ4v) is 3.32. The maximum Gasteiger partial charge on any atom is 0.308 e. The van der Waals surface area contributed by atoms with Gasteiger partial charge in [-0.1, -0.05) is 42.3 Å². The third kappa shape index (κ3) is 5.87. The first-order valence-electron chi connectivity index (χ1n) is 8.94. The number of carbonyl (C=O) groups is 1. The van der Waals surface area contributed by atoms with Crippen LogP contribution in [0.2, 0.25) is 10.0 Å². The molecule has 8 heteroatoms. The second-order valence-electron chi connectivity index (χ2n) is 6.39. The minimum atomic E-state index is -3.57. The molecular weight excluding hydrogens is 421 g/mol. The molecule has 152 valence electrons. The molecule has 5 nitrogen and oxygen atoms in total. The van der Waals surface area contributed by atoms with Gasteiger partial charge in [0.2, 0.25) is 0 Å². The molecule has 0 spiro atoms. The molecular formula is C20H23Cl2NO4S. The van der Waals surface area contributed by atoms with Gasteiger partial charge in [0.15, 0.2) is 0 Å². The van der Waals surface area contributed by atoms with Crippen LogP contribution in [-0.2, 0) is 16.7 Å². The van der Waals surface area contributed by atoms with E-state index in [-0.39, 0.29) is 23.5 Å². The molecule has 0 aliphatic heterocycles. The summed E-state index contributed by atoms with van der Waals surface area (Å²) in [6, 6.07) is 11.5. The average molecular weight is 444 g/mol. The molecule has 2 aromatic rings. The monoisotopic (exact) mass is 443 g/mol. The third-order valence-electron chi connectivity index (χ3n) is 4.40. The van der Waals surface area contributed by atoms with Crippen LogP contribution in [0, 0.1) is 0 Å². The number of benzene rings is 2. The van der Waals surface area contributed by atoms with Crippen molar-refractivity contribution in [2.24, 2.45) is 0 Å². The van der Waals surface area contributed by atoms with Gasteiger partial charge in [-0.25, -0.2) is 0 Å².